The molecule has 2 atom stereocenters. The van der Waals surface area contributed by atoms with E-state index in [1.54, 1.807) is 6.92 Å². The molecule has 0 saturated carbocycles. The van der Waals surface area contributed by atoms with E-state index in [-0.39, 0.29) is 12.1 Å². The van der Waals surface area contributed by atoms with Gasteiger partial charge in [0.2, 0.25) is 0 Å². The zero-order chi connectivity index (χ0) is 14.5. The molecule has 0 aromatic rings. The number of aliphatic carboxylic acids is 1. The molecule has 1 saturated heterocycles. The van der Waals surface area contributed by atoms with Crippen molar-refractivity contribution in [2.75, 3.05) is 6.54 Å². The number of carboxylic acids is 1. The Morgan fingerprint density at radius 3 is 2.68 bits per heavy atom. The van der Waals surface area contributed by atoms with Gasteiger partial charge in [0.1, 0.15) is 5.54 Å². The zero-order valence-corrected chi connectivity index (χ0v) is 12.2. The first-order chi connectivity index (χ1) is 8.91. The van der Waals surface area contributed by atoms with Gasteiger partial charge in [0.05, 0.1) is 0 Å². The molecule has 2 unspecified atom stereocenters. The molecular weight excluding hydrogens is 244 g/mol. The van der Waals surface area contributed by atoms with Crippen molar-refractivity contribution >= 4 is 12.0 Å². The van der Waals surface area contributed by atoms with Crippen LogP contribution < -0.4 is 5.32 Å². The number of nitrogens with zero attached hydrogens (tertiary/aromatic N) is 1. The van der Waals surface area contributed by atoms with Crippen LogP contribution in [0.1, 0.15) is 59.3 Å². The second-order valence-corrected chi connectivity index (χ2v) is 5.68. The van der Waals surface area contributed by atoms with Gasteiger partial charge in [0.15, 0.2) is 0 Å². The Labute approximate surface area is 115 Å². The zero-order valence-electron chi connectivity index (χ0n) is 12.2. The summed E-state index contributed by atoms with van der Waals surface area (Å²) in [6.45, 7) is 6.27. The van der Waals surface area contributed by atoms with E-state index in [0.29, 0.717) is 13.0 Å². The molecule has 2 N–H and O–H groups in total. The summed E-state index contributed by atoms with van der Waals surface area (Å²) >= 11 is 0. The number of hydrogen-bond donors (Lipinski definition) is 2. The minimum absolute atomic E-state index is 0.0951. The lowest BCUT2D eigenvalue weighted by molar-refractivity contribution is -0.147. The Morgan fingerprint density at radius 1 is 1.42 bits per heavy atom. The van der Waals surface area contributed by atoms with Crippen molar-refractivity contribution in [2.45, 2.75) is 70.9 Å². The summed E-state index contributed by atoms with van der Waals surface area (Å²) in [6, 6.07) is -0.149. The van der Waals surface area contributed by atoms with Crippen molar-refractivity contribution in [3.05, 3.63) is 0 Å². The van der Waals surface area contributed by atoms with Crippen LogP contribution in [0.4, 0.5) is 4.79 Å². The number of hydrogen-bond acceptors (Lipinski definition) is 2. The smallest absolute Gasteiger partial charge is 0.329 e. The molecule has 0 aromatic carbocycles. The van der Waals surface area contributed by atoms with Gasteiger partial charge in [-0.3, -0.25) is 0 Å². The van der Waals surface area contributed by atoms with Crippen LogP contribution in [0.2, 0.25) is 0 Å². The number of carbonyl (C=O) groups is 2. The molecule has 0 bridgehead atoms. The molecule has 0 spiro atoms. The van der Waals surface area contributed by atoms with E-state index in [9.17, 15) is 14.7 Å². The maximum Gasteiger partial charge on any atom is 0.329 e. The third kappa shape index (κ3) is 3.85. The van der Waals surface area contributed by atoms with Crippen LogP contribution in [0, 0.1) is 0 Å². The largest absolute Gasteiger partial charge is 0.480 e. The van der Waals surface area contributed by atoms with E-state index in [2.05, 4.69) is 12.2 Å². The van der Waals surface area contributed by atoms with Gasteiger partial charge >= 0.3 is 12.0 Å². The fourth-order valence-electron chi connectivity index (χ4n) is 2.57. The molecule has 5 heteroatoms. The van der Waals surface area contributed by atoms with Gasteiger partial charge in [0.25, 0.3) is 0 Å². The van der Waals surface area contributed by atoms with E-state index in [0.717, 1.165) is 32.1 Å². The summed E-state index contributed by atoms with van der Waals surface area (Å²) in [5, 5.41) is 12.2. The van der Waals surface area contributed by atoms with Crippen molar-refractivity contribution in [3.63, 3.8) is 0 Å². The first-order valence-electron chi connectivity index (χ1n) is 7.23. The second-order valence-electron chi connectivity index (χ2n) is 5.68. The Kier molecular flexibility index (Phi) is 5.63. The highest BCUT2D eigenvalue weighted by Crippen LogP contribution is 2.29. The Morgan fingerprint density at radius 2 is 2.11 bits per heavy atom. The molecule has 1 rings (SSSR count). The van der Waals surface area contributed by atoms with Crippen molar-refractivity contribution in [3.8, 4) is 0 Å². The Hall–Kier alpha value is -1.26. The van der Waals surface area contributed by atoms with E-state index >= 15 is 0 Å². The summed E-state index contributed by atoms with van der Waals surface area (Å²) in [5.74, 6) is -0.918. The van der Waals surface area contributed by atoms with Crippen molar-refractivity contribution in [2.24, 2.45) is 0 Å². The van der Waals surface area contributed by atoms with Crippen LogP contribution in [0.25, 0.3) is 0 Å². The summed E-state index contributed by atoms with van der Waals surface area (Å²) in [7, 11) is 0. The second kappa shape index (κ2) is 6.78. The predicted octanol–water partition coefficient (Wildman–Crippen LogP) is 2.60. The molecule has 0 radical (unpaired) electrons. The highest BCUT2D eigenvalue weighted by Gasteiger charge is 2.46. The molecule has 19 heavy (non-hydrogen) atoms. The normalized spacial score (nSPS) is 24.3. The van der Waals surface area contributed by atoms with Gasteiger partial charge in [-0.15, -0.1) is 0 Å². The summed E-state index contributed by atoms with van der Waals surface area (Å²) in [5.41, 5.74) is -1.05. The number of carboxylic acid groups (broad SMARTS) is 1. The Balaban J connectivity index is 2.51. The van der Waals surface area contributed by atoms with Crippen molar-refractivity contribution in [1.82, 2.24) is 10.2 Å². The Bertz CT molecular complexity index is 333. The molecule has 5 nitrogen and oxygen atoms in total. The van der Waals surface area contributed by atoms with Gasteiger partial charge in [-0.2, -0.15) is 0 Å². The van der Waals surface area contributed by atoms with Crippen LogP contribution in [-0.2, 0) is 4.79 Å². The fourth-order valence-corrected chi connectivity index (χ4v) is 2.57. The predicted molar refractivity (Wildman–Crippen MR) is 74.1 cm³/mol. The number of unbranched alkanes of at least 4 members (excludes halogenated alkanes) is 2. The summed E-state index contributed by atoms with van der Waals surface area (Å²) in [4.78, 5) is 24.9. The number of amides is 2. The van der Waals surface area contributed by atoms with Gasteiger partial charge in [0, 0.05) is 12.6 Å². The molecule has 2 amide bonds. The van der Waals surface area contributed by atoms with Crippen LogP contribution in [-0.4, -0.2) is 40.1 Å². The SMILES string of the molecule is CCCCCC(C)NC(=O)N1CCCC1(C)C(=O)O. The van der Waals surface area contributed by atoms with E-state index < -0.39 is 11.5 Å². The maximum atomic E-state index is 12.2. The molecule has 1 heterocycles. The molecule has 1 fully saturated rings. The third-order valence-corrected chi connectivity index (χ3v) is 3.96. The lowest BCUT2D eigenvalue weighted by Crippen LogP contribution is -2.55. The van der Waals surface area contributed by atoms with Crippen molar-refractivity contribution < 1.29 is 14.7 Å². The van der Waals surface area contributed by atoms with Gasteiger partial charge < -0.3 is 15.3 Å². The van der Waals surface area contributed by atoms with Gasteiger partial charge in [-0.25, -0.2) is 9.59 Å². The molecular formula is C14H26N2O3. The average Bonchev–Trinajstić information content (AvgIpc) is 2.73. The summed E-state index contributed by atoms with van der Waals surface area (Å²) in [6.07, 6.45) is 5.63. The molecule has 0 aliphatic carbocycles. The number of carbonyl (C=O) groups excluding carboxylic acids is 1. The van der Waals surface area contributed by atoms with Gasteiger partial charge in [-0.1, -0.05) is 26.2 Å². The minimum atomic E-state index is -1.05. The van der Waals surface area contributed by atoms with Crippen LogP contribution in [0.15, 0.2) is 0 Å². The standard InChI is InChI=1S/C14H26N2O3/c1-4-5-6-8-11(2)15-13(19)16-10-7-9-14(16,3)12(17)18/h11H,4-10H2,1-3H3,(H,15,19)(H,17,18). The first-order valence-corrected chi connectivity index (χ1v) is 7.23. The monoisotopic (exact) mass is 270 g/mol. The van der Waals surface area contributed by atoms with Crippen molar-refractivity contribution in [1.29, 1.82) is 0 Å². The highest BCUT2D eigenvalue weighted by atomic mass is 16.4. The van der Waals surface area contributed by atoms with Crippen LogP contribution >= 0.6 is 0 Å². The van der Waals surface area contributed by atoms with E-state index in [1.165, 1.54) is 4.90 Å². The molecule has 1 aliphatic rings. The summed E-state index contributed by atoms with van der Waals surface area (Å²) < 4.78 is 0. The molecule has 110 valence electrons. The topological polar surface area (TPSA) is 69.6 Å². The van der Waals surface area contributed by atoms with Crippen LogP contribution in [0.5, 0.6) is 0 Å². The van der Waals surface area contributed by atoms with Gasteiger partial charge in [-0.05, 0) is 33.1 Å². The first kappa shape index (κ1) is 15.8. The number of likely N-dealkylation sites (tertiary alicyclic amines) is 1. The van der Waals surface area contributed by atoms with E-state index in [1.807, 2.05) is 6.92 Å². The lowest BCUT2D eigenvalue weighted by Gasteiger charge is -2.32. The van der Waals surface area contributed by atoms with E-state index in [4.69, 9.17) is 0 Å². The minimum Gasteiger partial charge on any atom is -0.480 e. The van der Waals surface area contributed by atoms with Crippen LogP contribution in [0.3, 0.4) is 0 Å². The third-order valence-electron chi connectivity index (χ3n) is 3.96. The quantitative estimate of drug-likeness (QED) is 0.729. The maximum absolute atomic E-state index is 12.2. The lowest BCUT2D eigenvalue weighted by atomic mass is 10.00. The molecule has 0 aromatic heterocycles. The fraction of sp³-hybridized carbons (Fsp3) is 0.857. The number of nitrogens with one attached hydrogen (secondary N) is 1. The molecule has 1 aliphatic heterocycles. The highest BCUT2D eigenvalue weighted by molar-refractivity contribution is 5.86. The number of rotatable bonds is 6. The number of urea groups is 1. The average molecular weight is 270 g/mol.